The van der Waals surface area contributed by atoms with Crippen molar-refractivity contribution in [2.45, 2.75) is 26.6 Å². The topological polar surface area (TPSA) is 65.0 Å². The van der Waals surface area contributed by atoms with Crippen molar-refractivity contribution in [3.8, 4) is 0 Å². The molecule has 158 valence electrons. The lowest BCUT2D eigenvalue weighted by Crippen LogP contribution is -2.37. The van der Waals surface area contributed by atoms with Gasteiger partial charge in [0.1, 0.15) is 0 Å². The van der Waals surface area contributed by atoms with Crippen molar-refractivity contribution >= 4 is 22.4 Å². The molecule has 1 fully saturated rings. The van der Waals surface area contributed by atoms with Gasteiger partial charge in [-0.05, 0) is 18.1 Å². The molecule has 0 spiro atoms. The molecule has 2 aromatic rings. The van der Waals surface area contributed by atoms with Crippen LogP contribution in [-0.4, -0.2) is 62.8 Å². The SMILES string of the molecule is CCNC(=NCc1ccccc1CN1CCOCC1)NCc1csc(N(C)C)n1. The average molecular weight is 417 g/mol. The van der Waals surface area contributed by atoms with E-state index in [1.807, 2.05) is 19.0 Å². The van der Waals surface area contributed by atoms with E-state index in [4.69, 9.17) is 9.73 Å². The van der Waals surface area contributed by atoms with Gasteiger partial charge in [-0.2, -0.15) is 0 Å². The predicted molar refractivity (Wildman–Crippen MR) is 121 cm³/mol. The van der Waals surface area contributed by atoms with Crippen LogP contribution in [0.25, 0.3) is 0 Å². The fourth-order valence-electron chi connectivity index (χ4n) is 3.13. The van der Waals surface area contributed by atoms with Crippen LogP contribution >= 0.6 is 11.3 Å². The summed E-state index contributed by atoms with van der Waals surface area (Å²) in [5.74, 6) is 0.813. The van der Waals surface area contributed by atoms with E-state index in [1.165, 1.54) is 11.1 Å². The minimum atomic E-state index is 0.649. The normalized spacial score (nSPS) is 15.3. The van der Waals surface area contributed by atoms with Crippen molar-refractivity contribution in [2.24, 2.45) is 4.99 Å². The van der Waals surface area contributed by atoms with Crippen LogP contribution in [0.4, 0.5) is 5.13 Å². The Bertz CT molecular complexity index is 785. The van der Waals surface area contributed by atoms with E-state index in [0.29, 0.717) is 13.1 Å². The van der Waals surface area contributed by atoms with Gasteiger partial charge >= 0.3 is 0 Å². The molecule has 0 radical (unpaired) electrons. The van der Waals surface area contributed by atoms with Gasteiger partial charge in [-0.25, -0.2) is 9.98 Å². The second-order valence-corrected chi connectivity index (χ2v) is 8.06. The number of aromatic nitrogens is 1. The quantitative estimate of drug-likeness (QED) is 0.509. The Labute approximate surface area is 177 Å². The maximum absolute atomic E-state index is 5.46. The third kappa shape index (κ3) is 6.69. The number of nitrogens with one attached hydrogen (secondary N) is 2. The van der Waals surface area contributed by atoms with Crippen LogP contribution in [0, 0.1) is 0 Å². The van der Waals surface area contributed by atoms with E-state index in [-0.39, 0.29) is 0 Å². The molecule has 3 rings (SSSR count). The first-order chi connectivity index (χ1) is 14.2. The summed E-state index contributed by atoms with van der Waals surface area (Å²) in [4.78, 5) is 13.9. The van der Waals surface area contributed by atoms with E-state index < -0.39 is 0 Å². The highest BCUT2D eigenvalue weighted by molar-refractivity contribution is 7.13. The van der Waals surface area contributed by atoms with Gasteiger partial charge in [0.05, 0.1) is 32.0 Å². The minimum absolute atomic E-state index is 0.649. The van der Waals surface area contributed by atoms with E-state index >= 15 is 0 Å². The molecule has 0 aliphatic carbocycles. The van der Waals surface area contributed by atoms with Crippen LogP contribution in [0.3, 0.4) is 0 Å². The molecule has 0 atom stereocenters. The zero-order valence-electron chi connectivity index (χ0n) is 17.6. The van der Waals surface area contributed by atoms with E-state index in [1.54, 1.807) is 11.3 Å². The maximum Gasteiger partial charge on any atom is 0.191 e. The number of hydrogen-bond donors (Lipinski definition) is 2. The smallest absolute Gasteiger partial charge is 0.191 e. The van der Waals surface area contributed by atoms with E-state index in [2.05, 4.69) is 57.1 Å². The third-order valence-electron chi connectivity index (χ3n) is 4.73. The molecular weight excluding hydrogens is 384 g/mol. The van der Waals surface area contributed by atoms with Gasteiger partial charge in [-0.3, -0.25) is 4.90 Å². The van der Waals surface area contributed by atoms with Gasteiger partial charge in [0.25, 0.3) is 0 Å². The summed E-state index contributed by atoms with van der Waals surface area (Å²) in [6.45, 7) is 8.78. The van der Waals surface area contributed by atoms with Crippen LogP contribution < -0.4 is 15.5 Å². The van der Waals surface area contributed by atoms with Crippen molar-refractivity contribution in [1.29, 1.82) is 0 Å². The first-order valence-electron chi connectivity index (χ1n) is 10.2. The first-order valence-corrected chi connectivity index (χ1v) is 11.0. The van der Waals surface area contributed by atoms with E-state index in [0.717, 1.165) is 56.2 Å². The third-order valence-corrected chi connectivity index (χ3v) is 5.78. The number of aliphatic imine (C=N–C) groups is 1. The molecule has 7 nitrogen and oxygen atoms in total. The fourth-order valence-corrected chi connectivity index (χ4v) is 3.89. The Morgan fingerprint density at radius 3 is 2.66 bits per heavy atom. The maximum atomic E-state index is 5.46. The number of hydrogen-bond acceptors (Lipinski definition) is 6. The summed E-state index contributed by atoms with van der Waals surface area (Å²) >= 11 is 1.65. The second kappa shape index (κ2) is 11.1. The van der Waals surface area contributed by atoms with Crippen LogP contribution in [0.2, 0.25) is 0 Å². The average Bonchev–Trinajstić information content (AvgIpc) is 3.21. The van der Waals surface area contributed by atoms with Gasteiger partial charge in [-0.1, -0.05) is 24.3 Å². The molecule has 1 aliphatic heterocycles. The standard InChI is InChI=1S/C21H32N6OS/c1-4-22-20(24-14-19-16-29-21(25-19)26(2)3)23-13-17-7-5-6-8-18(17)15-27-9-11-28-12-10-27/h5-8,16H,4,9-15H2,1-3H3,(H2,22,23,24). The number of morpholine rings is 1. The van der Waals surface area contributed by atoms with Gasteiger partial charge in [0.15, 0.2) is 11.1 Å². The number of benzene rings is 1. The van der Waals surface area contributed by atoms with Crippen molar-refractivity contribution in [1.82, 2.24) is 20.5 Å². The predicted octanol–water partition coefficient (Wildman–Crippen LogP) is 2.30. The first kappa shape index (κ1) is 21.5. The highest BCUT2D eigenvalue weighted by Crippen LogP contribution is 2.17. The zero-order valence-corrected chi connectivity index (χ0v) is 18.5. The highest BCUT2D eigenvalue weighted by atomic mass is 32.1. The van der Waals surface area contributed by atoms with Gasteiger partial charge in [-0.15, -0.1) is 11.3 Å². The number of ether oxygens (including phenoxy) is 1. The Kier molecular flexibility index (Phi) is 8.27. The summed E-state index contributed by atoms with van der Waals surface area (Å²) in [6, 6.07) is 8.58. The molecule has 0 unspecified atom stereocenters. The number of nitrogens with zero attached hydrogens (tertiary/aromatic N) is 4. The monoisotopic (exact) mass is 416 g/mol. The Hall–Kier alpha value is -2.16. The van der Waals surface area contributed by atoms with Crippen molar-refractivity contribution < 1.29 is 4.74 Å². The van der Waals surface area contributed by atoms with Crippen LogP contribution in [0.5, 0.6) is 0 Å². The largest absolute Gasteiger partial charge is 0.379 e. The summed E-state index contributed by atoms with van der Waals surface area (Å²) in [5.41, 5.74) is 3.63. The Morgan fingerprint density at radius 2 is 1.97 bits per heavy atom. The number of anilines is 1. The molecular formula is C21H32N6OS. The van der Waals surface area contributed by atoms with Gasteiger partial charge in [0.2, 0.25) is 0 Å². The molecule has 0 amide bonds. The van der Waals surface area contributed by atoms with Crippen molar-refractivity contribution in [2.75, 3.05) is 51.8 Å². The van der Waals surface area contributed by atoms with Gasteiger partial charge in [0, 0.05) is 45.7 Å². The van der Waals surface area contributed by atoms with Gasteiger partial charge < -0.3 is 20.3 Å². The molecule has 1 saturated heterocycles. The molecule has 1 aromatic carbocycles. The van der Waals surface area contributed by atoms with Crippen molar-refractivity contribution in [3.05, 3.63) is 46.5 Å². The van der Waals surface area contributed by atoms with Crippen LogP contribution in [0.15, 0.2) is 34.6 Å². The summed E-state index contributed by atoms with van der Waals surface area (Å²) in [5, 5.41) is 9.83. The Morgan fingerprint density at radius 1 is 1.21 bits per heavy atom. The Balaban J connectivity index is 1.61. The van der Waals surface area contributed by atoms with E-state index in [9.17, 15) is 0 Å². The van der Waals surface area contributed by atoms with Crippen molar-refractivity contribution in [3.63, 3.8) is 0 Å². The van der Waals surface area contributed by atoms with Crippen LogP contribution in [0.1, 0.15) is 23.7 Å². The molecule has 0 saturated carbocycles. The number of guanidine groups is 1. The fraction of sp³-hybridized carbons (Fsp3) is 0.524. The lowest BCUT2D eigenvalue weighted by molar-refractivity contribution is 0.0341. The molecule has 0 bridgehead atoms. The lowest BCUT2D eigenvalue weighted by atomic mass is 10.1. The summed E-state index contributed by atoms with van der Waals surface area (Å²) in [7, 11) is 4.02. The summed E-state index contributed by atoms with van der Waals surface area (Å²) < 4.78 is 5.46. The zero-order chi connectivity index (χ0) is 20.5. The lowest BCUT2D eigenvalue weighted by Gasteiger charge is -2.27. The molecule has 29 heavy (non-hydrogen) atoms. The molecule has 8 heteroatoms. The number of thiazole rings is 1. The molecule has 1 aromatic heterocycles. The molecule has 2 N–H and O–H groups in total. The number of rotatable bonds is 8. The molecule has 1 aliphatic rings. The molecule has 2 heterocycles. The minimum Gasteiger partial charge on any atom is -0.379 e. The second-order valence-electron chi connectivity index (χ2n) is 7.22. The van der Waals surface area contributed by atoms with Crippen LogP contribution in [-0.2, 0) is 24.4 Å². The summed E-state index contributed by atoms with van der Waals surface area (Å²) in [6.07, 6.45) is 0. The highest BCUT2D eigenvalue weighted by Gasteiger charge is 2.12.